The summed E-state index contributed by atoms with van der Waals surface area (Å²) in [5, 5.41) is 8.90. The number of nitriles is 1. The van der Waals surface area contributed by atoms with Gasteiger partial charge in [-0.25, -0.2) is 4.79 Å². The second-order valence-corrected chi connectivity index (χ2v) is 8.40. The van der Waals surface area contributed by atoms with Crippen molar-refractivity contribution in [1.29, 1.82) is 5.26 Å². The SMILES string of the molecule is Cc1c(C(=O)Oc2ccc(-c3ccc(C#N)cc3)cc2)oc2c1C(=O)CC(C)(C)C2. The quantitative estimate of drug-likeness (QED) is 0.429. The highest BCUT2D eigenvalue weighted by molar-refractivity contribution is 6.03. The van der Waals surface area contributed by atoms with Crippen LogP contribution in [0.1, 0.15) is 58.1 Å². The first-order valence-corrected chi connectivity index (χ1v) is 9.76. The van der Waals surface area contributed by atoms with Crippen LogP contribution in [0.4, 0.5) is 0 Å². The number of hydrogen-bond donors (Lipinski definition) is 0. The van der Waals surface area contributed by atoms with Gasteiger partial charge >= 0.3 is 5.97 Å². The molecular formula is C25H21NO4. The van der Waals surface area contributed by atoms with Crippen LogP contribution in [0.5, 0.6) is 5.75 Å². The van der Waals surface area contributed by atoms with E-state index in [4.69, 9.17) is 14.4 Å². The molecule has 0 saturated heterocycles. The molecule has 2 aromatic carbocycles. The van der Waals surface area contributed by atoms with Crippen molar-refractivity contribution >= 4 is 11.8 Å². The van der Waals surface area contributed by atoms with E-state index in [1.54, 1.807) is 31.2 Å². The van der Waals surface area contributed by atoms with E-state index in [0.717, 1.165) is 11.1 Å². The van der Waals surface area contributed by atoms with Crippen molar-refractivity contribution in [2.45, 2.75) is 33.6 Å². The van der Waals surface area contributed by atoms with Crippen molar-refractivity contribution in [3.63, 3.8) is 0 Å². The summed E-state index contributed by atoms with van der Waals surface area (Å²) in [5.41, 5.74) is 3.39. The zero-order valence-electron chi connectivity index (χ0n) is 17.1. The Balaban J connectivity index is 1.53. The fourth-order valence-electron chi connectivity index (χ4n) is 3.88. The number of hydrogen-bond acceptors (Lipinski definition) is 5. The normalized spacial score (nSPS) is 14.7. The summed E-state index contributed by atoms with van der Waals surface area (Å²) in [6.07, 6.45) is 1.05. The minimum atomic E-state index is -0.612. The lowest BCUT2D eigenvalue weighted by molar-refractivity contribution is 0.0695. The second kappa shape index (κ2) is 7.31. The van der Waals surface area contributed by atoms with E-state index >= 15 is 0 Å². The summed E-state index contributed by atoms with van der Waals surface area (Å²) in [7, 11) is 0. The highest BCUT2D eigenvalue weighted by atomic mass is 16.5. The third-order valence-electron chi connectivity index (χ3n) is 5.37. The number of ether oxygens (including phenoxy) is 1. The molecule has 1 heterocycles. The Morgan fingerprint density at radius 1 is 1.03 bits per heavy atom. The number of fused-ring (bicyclic) bond motifs is 1. The molecule has 0 radical (unpaired) electrons. The summed E-state index contributed by atoms with van der Waals surface area (Å²) in [5.74, 6) is 0.434. The Labute approximate surface area is 174 Å². The average Bonchev–Trinajstić information content (AvgIpc) is 3.04. The number of carbonyl (C=O) groups excluding carboxylic acids is 2. The fourth-order valence-corrected chi connectivity index (χ4v) is 3.88. The minimum Gasteiger partial charge on any atom is -0.453 e. The largest absolute Gasteiger partial charge is 0.453 e. The van der Waals surface area contributed by atoms with Crippen LogP contribution in [0.2, 0.25) is 0 Å². The number of Topliss-reactive ketones (excluding diaryl/α,β-unsaturated/α-hetero) is 1. The van der Waals surface area contributed by atoms with Gasteiger partial charge in [0.2, 0.25) is 5.76 Å². The molecule has 4 rings (SSSR count). The molecule has 0 amide bonds. The van der Waals surface area contributed by atoms with E-state index in [2.05, 4.69) is 6.07 Å². The molecule has 0 fully saturated rings. The Hall–Kier alpha value is -3.65. The summed E-state index contributed by atoms with van der Waals surface area (Å²) < 4.78 is 11.3. The van der Waals surface area contributed by atoms with Gasteiger partial charge in [-0.1, -0.05) is 38.1 Å². The van der Waals surface area contributed by atoms with E-state index in [9.17, 15) is 9.59 Å². The van der Waals surface area contributed by atoms with E-state index in [1.165, 1.54) is 0 Å². The maximum Gasteiger partial charge on any atom is 0.379 e. The first kappa shape index (κ1) is 19.7. The molecule has 3 aromatic rings. The van der Waals surface area contributed by atoms with Crippen molar-refractivity contribution < 1.29 is 18.7 Å². The van der Waals surface area contributed by atoms with Gasteiger partial charge in [0.25, 0.3) is 0 Å². The van der Waals surface area contributed by atoms with Gasteiger partial charge < -0.3 is 9.15 Å². The molecule has 150 valence electrons. The van der Waals surface area contributed by atoms with Crippen LogP contribution in [0.15, 0.2) is 52.9 Å². The Morgan fingerprint density at radius 3 is 2.23 bits per heavy atom. The van der Waals surface area contributed by atoms with Crippen molar-refractivity contribution in [1.82, 2.24) is 0 Å². The minimum absolute atomic E-state index is 0.00770. The highest BCUT2D eigenvalue weighted by Gasteiger charge is 2.37. The molecule has 0 spiro atoms. The van der Waals surface area contributed by atoms with Gasteiger partial charge in [-0.2, -0.15) is 5.26 Å². The number of rotatable bonds is 3. The van der Waals surface area contributed by atoms with E-state index in [0.29, 0.717) is 41.0 Å². The van der Waals surface area contributed by atoms with Gasteiger partial charge in [-0.15, -0.1) is 0 Å². The fraction of sp³-hybridized carbons (Fsp3) is 0.240. The standard InChI is InChI=1S/C25H21NO4/c1-15-22-20(27)12-25(2,3)13-21(22)30-23(15)24(28)29-19-10-8-18(9-11-19)17-6-4-16(14-26)5-7-17/h4-11H,12-13H2,1-3H3. The number of benzene rings is 2. The van der Waals surface area contributed by atoms with Crippen LogP contribution in [0.3, 0.4) is 0 Å². The molecule has 1 aliphatic carbocycles. The monoisotopic (exact) mass is 399 g/mol. The van der Waals surface area contributed by atoms with Crippen molar-refractivity contribution in [2.24, 2.45) is 5.41 Å². The van der Waals surface area contributed by atoms with Gasteiger partial charge in [0.15, 0.2) is 5.78 Å². The lowest BCUT2D eigenvalue weighted by atomic mass is 9.76. The van der Waals surface area contributed by atoms with Crippen LogP contribution < -0.4 is 4.74 Å². The van der Waals surface area contributed by atoms with E-state index in [1.807, 2.05) is 38.1 Å². The predicted molar refractivity (Wildman–Crippen MR) is 111 cm³/mol. The third kappa shape index (κ3) is 3.65. The van der Waals surface area contributed by atoms with Gasteiger partial charge in [-0.3, -0.25) is 4.79 Å². The predicted octanol–water partition coefficient (Wildman–Crippen LogP) is 5.50. The van der Waals surface area contributed by atoms with Gasteiger partial charge in [-0.05, 0) is 47.7 Å². The Morgan fingerprint density at radius 2 is 1.63 bits per heavy atom. The number of esters is 1. The molecule has 1 aromatic heterocycles. The lowest BCUT2D eigenvalue weighted by Gasteiger charge is -2.27. The molecular weight excluding hydrogens is 378 g/mol. The summed E-state index contributed by atoms with van der Waals surface area (Å²) in [4.78, 5) is 25.2. The molecule has 1 aliphatic rings. The molecule has 0 bridgehead atoms. The molecule has 0 saturated carbocycles. The van der Waals surface area contributed by atoms with Crippen molar-refractivity contribution in [2.75, 3.05) is 0 Å². The van der Waals surface area contributed by atoms with Crippen LogP contribution in [0.25, 0.3) is 11.1 Å². The summed E-state index contributed by atoms with van der Waals surface area (Å²) in [6, 6.07) is 16.4. The molecule has 0 unspecified atom stereocenters. The molecule has 0 aliphatic heterocycles. The Kier molecular flexibility index (Phi) is 4.79. The second-order valence-electron chi connectivity index (χ2n) is 8.40. The molecule has 0 N–H and O–H groups in total. The van der Waals surface area contributed by atoms with Crippen LogP contribution in [0, 0.1) is 23.7 Å². The lowest BCUT2D eigenvalue weighted by Crippen LogP contribution is -2.26. The van der Waals surface area contributed by atoms with E-state index in [-0.39, 0.29) is 17.0 Å². The number of ketones is 1. The van der Waals surface area contributed by atoms with Gasteiger partial charge in [0.1, 0.15) is 11.5 Å². The maximum absolute atomic E-state index is 12.7. The summed E-state index contributed by atoms with van der Waals surface area (Å²) in [6.45, 7) is 5.75. The van der Waals surface area contributed by atoms with Crippen LogP contribution in [-0.4, -0.2) is 11.8 Å². The number of nitrogens with zero attached hydrogens (tertiary/aromatic N) is 1. The van der Waals surface area contributed by atoms with Crippen LogP contribution in [-0.2, 0) is 6.42 Å². The number of carbonyl (C=O) groups is 2. The smallest absolute Gasteiger partial charge is 0.379 e. The average molecular weight is 399 g/mol. The molecule has 30 heavy (non-hydrogen) atoms. The first-order chi connectivity index (χ1) is 14.3. The van der Waals surface area contributed by atoms with E-state index < -0.39 is 5.97 Å². The summed E-state index contributed by atoms with van der Waals surface area (Å²) >= 11 is 0. The zero-order valence-corrected chi connectivity index (χ0v) is 17.1. The zero-order chi connectivity index (χ0) is 21.5. The van der Waals surface area contributed by atoms with Crippen LogP contribution >= 0.6 is 0 Å². The first-order valence-electron chi connectivity index (χ1n) is 9.76. The topological polar surface area (TPSA) is 80.3 Å². The third-order valence-corrected chi connectivity index (χ3v) is 5.37. The molecule has 0 atom stereocenters. The highest BCUT2D eigenvalue weighted by Crippen LogP contribution is 2.38. The maximum atomic E-state index is 12.7. The van der Waals surface area contributed by atoms with Gasteiger partial charge in [0, 0.05) is 18.4 Å². The van der Waals surface area contributed by atoms with Crippen molar-refractivity contribution in [3.05, 3.63) is 76.7 Å². The van der Waals surface area contributed by atoms with Gasteiger partial charge in [0.05, 0.1) is 17.2 Å². The number of furan rings is 1. The molecule has 5 nitrogen and oxygen atoms in total. The Bertz CT molecular complexity index is 1180. The van der Waals surface area contributed by atoms with Crippen molar-refractivity contribution in [3.8, 4) is 22.9 Å². The molecule has 5 heteroatoms.